The Morgan fingerprint density at radius 3 is 2.17 bits per heavy atom. The van der Waals surface area contributed by atoms with Crippen LogP contribution < -0.4 is 0 Å². The van der Waals surface area contributed by atoms with E-state index in [1.54, 1.807) is 15.6 Å². The summed E-state index contributed by atoms with van der Waals surface area (Å²) in [5.74, 6) is 1.26. The molecule has 3 aromatic heterocycles. The normalized spacial score (nSPS) is 10.8. The minimum absolute atomic E-state index is 0.536. The van der Waals surface area contributed by atoms with Gasteiger partial charge in [-0.2, -0.15) is 15.2 Å². The fraction of sp³-hybridized carbons (Fsp3) is 0.167. The average molecular weight is 240 g/mol. The van der Waals surface area contributed by atoms with Gasteiger partial charge in [0.05, 0.1) is 11.4 Å². The zero-order chi connectivity index (χ0) is 12.5. The third kappa shape index (κ3) is 1.88. The van der Waals surface area contributed by atoms with E-state index >= 15 is 0 Å². The fourth-order valence-corrected chi connectivity index (χ4v) is 1.65. The van der Waals surface area contributed by atoms with Gasteiger partial charge in [0.15, 0.2) is 5.82 Å². The van der Waals surface area contributed by atoms with Crippen LogP contribution in [-0.4, -0.2) is 29.5 Å². The predicted octanol–water partition coefficient (Wildman–Crippen LogP) is 1.46. The fourth-order valence-electron chi connectivity index (χ4n) is 1.65. The van der Waals surface area contributed by atoms with Crippen LogP contribution in [0.4, 0.5) is 0 Å². The van der Waals surface area contributed by atoms with Gasteiger partial charge in [-0.3, -0.25) is 0 Å². The first kappa shape index (κ1) is 10.6. The molecule has 0 fully saturated rings. The van der Waals surface area contributed by atoms with Crippen LogP contribution >= 0.6 is 0 Å². The molecule has 0 amide bonds. The Balaban J connectivity index is 2.04. The molecule has 6 heteroatoms. The molecular weight excluding hydrogens is 228 g/mol. The van der Waals surface area contributed by atoms with E-state index in [-0.39, 0.29) is 0 Å². The zero-order valence-electron chi connectivity index (χ0n) is 10.1. The lowest BCUT2D eigenvalue weighted by Gasteiger charge is -2.03. The summed E-state index contributed by atoms with van der Waals surface area (Å²) in [6.45, 7) is 3.87. The van der Waals surface area contributed by atoms with Crippen LogP contribution in [0.1, 0.15) is 11.4 Å². The van der Waals surface area contributed by atoms with E-state index in [1.807, 2.05) is 44.4 Å². The molecular formula is C12H12N6. The van der Waals surface area contributed by atoms with Gasteiger partial charge in [-0.15, -0.1) is 0 Å². The van der Waals surface area contributed by atoms with Crippen molar-refractivity contribution >= 4 is 0 Å². The van der Waals surface area contributed by atoms with Crippen molar-refractivity contribution in [3.05, 3.63) is 48.2 Å². The number of nitrogens with zero attached hydrogens (tertiary/aromatic N) is 6. The molecule has 0 aliphatic rings. The molecule has 0 saturated heterocycles. The molecule has 0 saturated carbocycles. The highest BCUT2D eigenvalue weighted by molar-refractivity contribution is 5.25. The van der Waals surface area contributed by atoms with Gasteiger partial charge in [0.2, 0.25) is 0 Å². The highest BCUT2D eigenvalue weighted by Crippen LogP contribution is 2.06. The summed E-state index contributed by atoms with van der Waals surface area (Å²) in [5.41, 5.74) is 1.88. The molecule has 0 unspecified atom stereocenters. The minimum atomic E-state index is 0.536. The van der Waals surface area contributed by atoms with Gasteiger partial charge < -0.3 is 0 Å². The lowest BCUT2D eigenvalue weighted by molar-refractivity contribution is 0.765. The SMILES string of the molecule is Cc1ccn(-c2ccnc(-n3ccc(C)n3)n2)n1. The van der Waals surface area contributed by atoms with Gasteiger partial charge in [-0.05, 0) is 26.0 Å². The van der Waals surface area contributed by atoms with Crippen molar-refractivity contribution in [1.82, 2.24) is 29.5 Å². The minimum Gasteiger partial charge on any atom is -0.222 e. The lowest BCUT2D eigenvalue weighted by Crippen LogP contribution is -2.06. The van der Waals surface area contributed by atoms with Crippen molar-refractivity contribution < 1.29 is 0 Å². The number of hydrogen-bond donors (Lipinski definition) is 0. The van der Waals surface area contributed by atoms with Crippen LogP contribution in [0.25, 0.3) is 11.8 Å². The van der Waals surface area contributed by atoms with Crippen LogP contribution in [-0.2, 0) is 0 Å². The first-order valence-corrected chi connectivity index (χ1v) is 5.61. The molecule has 0 aliphatic heterocycles. The van der Waals surface area contributed by atoms with E-state index in [0.717, 1.165) is 17.2 Å². The number of rotatable bonds is 2. The van der Waals surface area contributed by atoms with Crippen molar-refractivity contribution in [2.75, 3.05) is 0 Å². The van der Waals surface area contributed by atoms with Gasteiger partial charge in [0.1, 0.15) is 0 Å². The Morgan fingerprint density at radius 2 is 1.56 bits per heavy atom. The summed E-state index contributed by atoms with van der Waals surface area (Å²) in [6, 6.07) is 5.65. The van der Waals surface area contributed by atoms with Gasteiger partial charge in [0.25, 0.3) is 5.95 Å². The third-order valence-corrected chi connectivity index (χ3v) is 2.51. The standard InChI is InChI=1S/C12H12N6/c1-9-4-7-17(15-9)11-3-6-13-12(14-11)18-8-5-10(2)16-18/h3-8H,1-2H3. The number of aryl methyl sites for hydroxylation is 2. The van der Waals surface area contributed by atoms with Crippen LogP contribution in [0.3, 0.4) is 0 Å². The molecule has 90 valence electrons. The van der Waals surface area contributed by atoms with E-state index in [4.69, 9.17) is 0 Å². The maximum Gasteiger partial charge on any atom is 0.252 e. The van der Waals surface area contributed by atoms with Gasteiger partial charge in [0, 0.05) is 24.7 Å². The molecule has 6 nitrogen and oxygen atoms in total. The highest BCUT2D eigenvalue weighted by Gasteiger charge is 2.05. The molecule has 0 aromatic carbocycles. The van der Waals surface area contributed by atoms with E-state index in [0.29, 0.717) is 5.95 Å². The second-order valence-electron chi connectivity index (χ2n) is 4.02. The highest BCUT2D eigenvalue weighted by atomic mass is 15.4. The average Bonchev–Trinajstić information content (AvgIpc) is 2.98. The molecule has 3 heterocycles. The first-order valence-electron chi connectivity index (χ1n) is 5.61. The van der Waals surface area contributed by atoms with Crippen molar-refractivity contribution in [1.29, 1.82) is 0 Å². The summed E-state index contributed by atoms with van der Waals surface area (Å²) in [4.78, 5) is 8.63. The monoisotopic (exact) mass is 240 g/mol. The lowest BCUT2D eigenvalue weighted by atomic mass is 10.5. The molecule has 0 aliphatic carbocycles. The quantitative estimate of drug-likeness (QED) is 0.680. The maximum absolute atomic E-state index is 4.43. The summed E-state index contributed by atoms with van der Waals surface area (Å²) >= 11 is 0. The molecule has 0 spiro atoms. The summed E-state index contributed by atoms with van der Waals surface area (Å²) in [6.07, 6.45) is 5.41. The zero-order valence-corrected chi connectivity index (χ0v) is 10.1. The van der Waals surface area contributed by atoms with Crippen molar-refractivity contribution in [3.8, 4) is 11.8 Å². The maximum atomic E-state index is 4.43. The van der Waals surface area contributed by atoms with E-state index in [1.165, 1.54) is 0 Å². The molecule has 18 heavy (non-hydrogen) atoms. The molecule has 0 N–H and O–H groups in total. The molecule has 3 aromatic rings. The van der Waals surface area contributed by atoms with E-state index < -0.39 is 0 Å². The van der Waals surface area contributed by atoms with Gasteiger partial charge in [-0.1, -0.05) is 0 Å². The first-order chi connectivity index (χ1) is 8.72. The predicted molar refractivity (Wildman–Crippen MR) is 65.8 cm³/mol. The number of hydrogen-bond acceptors (Lipinski definition) is 4. The van der Waals surface area contributed by atoms with Gasteiger partial charge in [-0.25, -0.2) is 14.3 Å². The van der Waals surface area contributed by atoms with Crippen LogP contribution in [0, 0.1) is 13.8 Å². The Morgan fingerprint density at radius 1 is 0.889 bits per heavy atom. The summed E-state index contributed by atoms with van der Waals surface area (Å²) in [5, 5.41) is 8.60. The second-order valence-corrected chi connectivity index (χ2v) is 4.02. The van der Waals surface area contributed by atoms with Gasteiger partial charge >= 0.3 is 0 Å². The van der Waals surface area contributed by atoms with Crippen LogP contribution in [0.5, 0.6) is 0 Å². The Labute approximate surface area is 104 Å². The van der Waals surface area contributed by atoms with Crippen molar-refractivity contribution in [3.63, 3.8) is 0 Å². The molecule has 0 atom stereocenters. The molecule has 0 radical (unpaired) electrons. The van der Waals surface area contributed by atoms with Crippen LogP contribution in [0.15, 0.2) is 36.8 Å². The Hall–Kier alpha value is -2.50. The van der Waals surface area contributed by atoms with Crippen molar-refractivity contribution in [2.45, 2.75) is 13.8 Å². The Bertz CT molecular complexity index is 626. The van der Waals surface area contributed by atoms with Crippen LogP contribution in [0.2, 0.25) is 0 Å². The van der Waals surface area contributed by atoms with E-state index in [9.17, 15) is 0 Å². The largest absolute Gasteiger partial charge is 0.252 e. The smallest absolute Gasteiger partial charge is 0.222 e. The van der Waals surface area contributed by atoms with Crippen molar-refractivity contribution in [2.24, 2.45) is 0 Å². The second kappa shape index (κ2) is 4.06. The summed E-state index contributed by atoms with van der Waals surface area (Å²) in [7, 11) is 0. The summed E-state index contributed by atoms with van der Waals surface area (Å²) < 4.78 is 3.37. The topological polar surface area (TPSA) is 61.4 Å². The Kier molecular flexibility index (Phi) is 2.40. The number of aromatic nitrogens is 6. The molecule has 0 bridgehead atoms. The molecule has 3 rings (SSSR count). The third-order valence-electron chi connectivity index (χ3n) is 2.51. The van der Waals surface area contributed by atoms with E-state index in [2.05, 4.69) is 20.2 Å².